The van der Waals surface area contributed by atoms with Crippen LogP contribution >= 0.6 is 0 Å². The van der Waals surface area contributed by atoms with E-state index in [0.717, 1.165) is 69.2 Å². The van der Waals surface area contributed by atoms with Crippen molar-refractivity contribution >= 4 is 18.2 Å². The Bertz CT molecular complexity index is 2130. The number of ether oxygens (including phenoxy) is 2. The molecule has 0 aliphatic heterocycles. The Balaban J connectivity index is 0.891. The Morgan fingerprint density at radius 3 is 2.14 bits per heavy atom. The van der Waals surface area contributed by atoms with E-state index in [-0.39, 0.29) is 87.5 Å². The number of hydrogen-bond donors (Lipinski definition) is 1. The first-order valence-electron chi connectivity index (χ1n) is 24.6. The van der Waals surface area contributed by atoms with Gasteiger partial charge in [0.15, 0.2) is 0 Å². The minimum atomic E-state index is -0.523. The maximum absolute atomic E-state index is 14.1. The molecule has 2 aromatic rings. The van der Waals surface area contributed by atoms with Crippen LogP contribution in [0.4, 0.5) is 0 Å². The summed E-state index contributed by atoms with van der Waals surface area (Å²) in [6.45, 7) is 30.2. The van der Waals surface area contributed by atoms with Crippen molar-refractivity contribution in [3.05, 3.63) is 59.8 Å². The zero-order chi connectivity index (χ0) is 45.3. The molecule has 5 unspecified atom stereocenters. The first kappa shape index (κ1) is 44.9. The highest BCUT2D eigenvalue weighted by Gasteiger charge is 2.73. The van der Waals surface area contributed by atoms with E-state index in [2.05, 4.69) is 77.5 Å². The maximum atomic E-state index is 14.1. The zero-order valence-corrected chi connectivity index (χ0v) is 40.4. The van der Waals surface area contributed by atoms with Crippen LogP contribution in [-0.2, 0) is 30.5 Å². The number of aryl methyl sites for hydroxylation is 1. The summed E-state index contributed by atoms with van der Waals surface area (Å²) in [6.07, 6.45) is 12.1. The number of allylic oxidation sites excluding steroid dienone is 1. The minimum Gasteiger partial charge on any atom is -0.462 e. The Labute approximate surface area is 377 Å². The number of nitrogens with zero attached hydrogens (tertiary/aromatic N) is 2. The van der Waals surface area contributed by atoms with E-state index < -0.39 is 10.8 Å². The average molecular weight is 864 g/mol. The second kappa shape index (κ2) is 15.1. The lowest BCUT2D eigenvalue weighted by Crippen LogP contribution is -2.68. The summed E-state index contributed by atoms with van der Waals surface area (Å²) in [4.78, 5) is 41.2. The highest BCUT2D eigenvalue weighted by atomic mass is 16.5. The quantitative estimate of drug-likeness (QED) is 0.141. The Kier molecular flexibility index (Phi) is 10.8. The van der Waals surface area contributed by atoms with Crippen molar-refractivity contribution in [2.24, 2.45) is 79.3 Å². The molecule has 0 amide bonds. The van der Waals surface area contributed by atoms with Gasteiger partial charge < -0.3 is 24.0 Å². The molecule has 9 heteroatoms. The molecule has 0 radical (unpaired) electrons. The predicted molar refractivity (Wildman–Crippen MR) is 243 cm³/mol. The molecule has 1 N–H and O–H groups in total. The molecule has 0 spiro atoms. The standard InChI is InChI=1S/C54H77N3O6/c1-31(2)34-26-42(55-41-28-36(49(41,6)7)45-57-56-32(3)62-45)54(30-58)25-24-52(11)35(44(34)54)18-19-40-51(10)22-21-43(50(8,9)39(51)20-23-53(40,52)12)63-47(60)38-27-37(48(38,4)5)46(59)61-29-33-16-14-13-15-17-33/h13-17,30,34-44,55H,1,18-29H2,2-12H3/t34?,35-,36-,37+,38-,39?,40?,41-,42?,43+,44?,51+,52-,53-,54-/m1/s1. The van der Waals surface area contributed by atoms with Crippen LogP contribution in [0.3, 0.4) is 0 Å². The molecule has 0 saturated heterocycles. The van der Waals surface area contributed by atoms with E-state index in [1.165, 1.54) is 18.3 Å². The number of carbonyl (C=O) groups is 3. The van der Waals surface area contributed by atoms with Gasteiger partial charge in [0.1, 0.15) is 19.0 Å². The van der Waals surface area contributed by atoms with E-state index in [1.807, 2.05) is 51.1 Å². The number of aldehydes is 1. The number of aromatic nitrogens is 2. The Morgan fingerprint density at radius 1 is 0.794 bits per heavy atom. The lowest BCUT2D eigenvalue weighted by atomic mass is 9.32. The smallest absolute Gasteiger partial charge is 0.309 e. The van der Waals surface area contributed by atoms with E-state index in [9.17, 15) is 14.4 Å². The van der Waals surface area contributed by atoms with E-state index in [4.69, 9.17) is 13.9 Å². The van der Waals surface area contributed by atoms with Crippen LogP contribution < -0.4 is 5.32 Å². The van der Waals surface area contributed by atoms with Gasteiger partial charge in [0.25, 0.3) is 0 Å². The molecule has 1 heterocycles. The third-order valence-corrected chi connectivity index (χ3v) is 21.3. The normalized spacial score (nSPS) is 44.0. The minimum absolute atomic E-state index is 0.0663. The van der Waals surface area contributed by atoms with Gasteiger partial charge in [-0.05, 0) is 140 Å². The van der Waals surface area contributed by atoms with Crippen molar-refractivity contribution in [2.45, 2.75) is 178 Å². The van der Waals surface area contributed by atoms with Crippen molar-refractivity contribution in [1.82, 2.24) is 15.5 Å². The third kappa shape index (κ3) is 6.47. The van der Waals surface area contributed by atoms with Gasteiger partial charge in [0, 0.05) is 35.8 Å². The highest BCUT2D eigenvalue weighted by molar-refractivity contribution is 5.82. The Hall–Kier alpha value is -3.33. The van der Waals surface area contributed by atoms with Crippen LogP contribution in [0, 0.1) is 86.3 Å². The average Bonchev–Trinajstić information content (AvgIpc) is 3.80. The van der Waals surface area contributed by atoms with Gasteiger partial charge in [-0.2, -0.15) is 0 Å². The fourth-order valence-corrected chi connectivity index (χ4v) is 17.0. The predicted octanol–water partition coefficient (Wildman–Crippen LogP) is 11.0. The molecule has 1 aromatic carbocycles. The zero-order valence-electron chi connectivity index (χ0n) is 40.4. The largest absolute Gasteiger partial charge is 0.462 e. The number of rotatable bonds is 10. The van der Waals surface area contributed by atoms with Crippen molar-refractivity contribution in [2.75, 3.05) is 0 Å². The summed E-state index contributed by atoms with van der Waals surface area (Å²) in [6, 6.07) is 10.1. The molecule has 0 bridgehead atoms. The van der Waals surface area contributed by atoms with Gasteiger partial charge in [-0.1, -0.05) is 105 Å². The second-order valence-electron chi connectivity index (χ2n) is 24.7. The van der Waals surface area contributed by atoms with Crippen LogP contribution in [0.15, 0.2) is 46.9 Å². The molecule has 344 valence electrons. The lowest BCUT2D eigenvalue weighted by Gasteiger charge is -2.73. The van der Waals surface area contributed by atoms with Crippen LogP contribution in [0.1, 0.15) is 163 Å². The van der Waals surface area contributed by atoms with E-state index in [0.29, 0.717) is 36.0 Å². The molecule has 7 saturated carbocycles. The topological polar surface area (TPSA) is 121 Å². The van der Waals surface area contributed by atoms with Gasteiger partial charge in [-0.25, -0.2) is 0 Å². The van der Waals surface area contributed by atoms with Gasteiger partial charge >= 0.3 is 11.9 Å². The van der Waals surface area contributed by atoms with Crippen molar-refractivity contribution < 1.29 is 28.3 Å². The second-order valence-corrected chi connectivity index (χ2v) is 24.7. The van der Waals surface area contributed by atoms with Gasteiger partial charge in [0.05, 0.1) is 11.8 Å². The lowest BCUT2D eigenvalue weighted by molar-refractivity contribution is -0.250. The molecule has 9 rings (SSSR count). The van der Waals surface area contributed by atoms with Gasteiger partial charge in [-0.15, -0.1) is 10.2 Å². The summed E-state index contributed by atoms with van der Waals surface area (Å²) < 4.78 is 18.2. The molecule has 15 atom stereocenters. The van der Waals surface area contributed by atoms with Crippen molar-refractivity contribution in [3.8, 4) is 0 Å². The number of fused-ring (bicyclic) bond motifs is 7. The molecule has 1 aromatic heterocycles. The molecular formula is C54H77N3O6. The van der Waals surface area contributed by atoms with Crippen LogP contribution in [0.2, 0.25) is 0 Å². The fourth-order valence-electron chi connectivity index (χ4n) is 17.0. The number of esters is 2. The maximum Gasteiger partial charge on any atom is 0.309 e. The molecule has 9 nitrogen and oxygen atoms in total. The number of hydrogen-bond acceptors (Lipinski definition) is 9. The monoisotopic (exact) mass is 864 g/mol. The number of benzene rings is 1. The third-order valence-electron chi connectivity index (χ3n) is 21.3. The van der Waals surface area contributed by atoms with Gasteiger partial charge in [-0.3, -0.25) is 9.59 Å². The molecule has 7 aliphatic carbocycles. The van der Waals surface area contributed by atoms with Crippen LogP contribution in [0.25, 0.3) is 0 Å². The Morgan fingerprint density at radius 2 is 1.51 bits per heavy atom. The molecule has 7 aliphatic rings. The van der Waals surface area contributed by atoms with E-state index >= 15 is 0 Å². The molecular weight excluding hydrogens is 787 g/mol. The first-order chi connectivity index (χ1) is 29.6. The van der Waals surface area contributed by atoms with Crippen molar-refractivity contribution in [3.63, 3.8) is 0 Å². The van der Waals surface area contributed by atoms with E-state index in [1.54, 1.807) is 0 Å². The summed E-state index contributed by atoms with van der Waals surface area (Å²) >= 11 is 0. The summed E-state index contributed by atoms with van der Waals surface area (Å²) in [5, 5.41) is 12.7. The van der Waals surface area contributed by atoms with Crippen molar-refractivity contribution in [1.29, 1.82) is 0 Å². The van der Waals surface area contributed by atoms with Crippen LogP contribution in [0.5, 0.6) is 0 Å². The summed E-state index contributed by atoms with van der Waals surface area (Å²) in [7, 11) is 0. The number of nitrogens with one attached hydrogen (secondary N) is 1. The SMILES string of the molecule is C=C(C)C1CC(N[C@@H]2C[C@H](c3nnc(C)o3)C2(C)C)[C@]2(C=O)CC[C@]3(C)[C@H](CCC4[C@@]5(C)CC[C@H](OC(=O)[C@H]6C[C@@H](C(=O)OCc7ccccc7)C6(C)C)C(C)(C)C5CC[C@]43C)C12. The summed E-state index contributed by atoms with van der Waals surface area (Å²) in [5.41, 5.74) is 1.35. The molecule has 63 heavy (non-hydrogen) atoms. The number of carbonyl (C=O) groups excluding carboxylic acids is 3. The molecule has 7 fully saturated rings. The van der Waals surface area contributed by atoms with Crippen LogP contribution in [-0.4, -0.2) is 46.6 Å². The first-order valence-corrected chi connectivity index (χ1v) is 24.6. The fraction of sp³-hybridized carbons (Fsp3) is 0.759. The van der Waals surface area contributed by atoms with Gasteiger partial charge in [0.2, 0.25) is 11.8 Å². The highest BCUT2D eigenvalue weighted by Crippen LogP contribution is 2.77. The summed E-state index contributed by atoms with van der Waals surface area (Å²) in [5.74, 6) is 2.54.